The number of benzene rings is 1. The summed E-state index contributed by atoms with van der Waals surface area (Å²) in [6.07, 6.45) is 6.69. The number of nitrogens with one attached hydrogen (secondary N) is 2. The zero-order valence-corrected chi connectivity index (χ0v) is 15.0. The van der Waals surface area contributed by atoms with Crippen LogP contribution in [-0.2, 0) is 4.79 Å². The van der Waals surface area contributed by atoms with Gasteiger partial charge < -0.3 is 15.5 Å². The molecule has 1 aromatic carbocycles. The standard InChI is InChI=1S/C19H28N4O2/c1-15(24)20-16-7-9-17(10-8-16)21-19(25)23-13-11-22(12-14-23)18-5-3-2-4-6-18/h7-10,18H,2-6,11-14H2,1H3,(H,20,24)(H,21,25). The number of anilines is 2. The molecule has 6 nitrogen and oxygen atoms in total. The predicted octanol–water partition coefficient (Wildman–Crippen LogP) is 3.13. The van der Waals surface area contributed by atoms with Gasteiger partial charge in [-0.1, -0.05) is 19.3 Å². The molecule has 1 saturated carbocycles. The van der Waals surface area contributed by atoms with E-state index in [-0.39, 0.29) is 11.9 Å². The molecule has 3 rings (SSSR count). The smallest absolute Gasteiger partial charge is 0.321 e. The molecule has 136 valence electrons. The molecule has 6 heteroatoms. The fraction of sp³-hybridized carbons (Fsp3) is 0.579. The molecule has 1 heterocycles. The van der Waals surface area contributed by atoms with Gasteiger partial charge in [0.2, 0.25) is 5.91 Å². The molecule has 1 aromatic rings. The van der Waals surface area contributed by atoms with Gasteiger partial charge in [-0.3, -0.25) is 9.69 Å². The molecule has 0 unspecified atom stereocenters. The van der Waals surface area contributed by atoms with Crippen LogP contribution in [0.25, 0.3) is 0 Å². The third-order valence-corrected chi connectivity index (χ3v) is 5.15. The van der Waals surface area contributed by atoms with Crippen molar-refractivity contribution in [1.82, 2.24) is 9.80 Å². The van der Waals surface area contributed by atoms with Crippen LogP contribution >= 0.6 is 0 Å². The fourth-order valence-corrected chi connectivity index (χ4v) is 3.78. The molecule has 1 saturated heterocycles. The maximum Gasteiger partial charge on any atom is 0.321 e. The van der Waals surface area contributed by atoms with Gasteiger partial charge in [0.25, 0.3) is 0 Å². The Balaban J connectivity index is 1.46. The summed E-state index contributed by atoms with van der Waals surface area (Å²) in [7, 11) is 0. The second kappa shape index (κ2) is 8.34. The number of amides is 3. The molecule has 1 aliphatic heterocycles. The highest BCUT2D eigenvalue weighted by molar-refractivity contribution is 5.91. The first-order valence-corrected chi connectivity index (χ1v) is 9.29. The Morgan fingerprint density at radius 1 is 0.880 bits per heavy atom. The van der Waals surface area contributed by atoms with E-state index in [1.54, 1.807) is 24.3 Å². The van der Waals surface area contributed by atoms with Crippen LogP contribution in [0.1, 0.15) is 39.0 Å². The lowest BCUT2D eigenvalue weighted by atomic mass is 9.94. The molecule has 0 atom stereocenters. The van der Waals surface area contributed by atoms with Crippen molar-refractivity contribution in [2.24, 2.45) is 0 Å². The highest BCUT2D eigenvalue weighted by Crippen LogP contribution is 2.23. The van der Waals surface area contributed by atoms with Gasteiger partial charge in [0, 0.05) is 50.5 Å². The summed E-state index contributed by atoms with van der Waals surface area (Å²) in [4.78, 5) is 27.9. The maximum atomic E-state index is 12.4. The number of nitrogens with zero attached hydrogens (tertiary/aromatic N) is 2. The zero-order chi connectivity index (χ0) is 17.6. The minimum absolute atomic E-state index is 0.0458. The van der Waals surface area contributed by atoms with Crippen LogP contribution in [-0.4, -0.2) is 54.0 Å². The third kappa shape index (κ3) is 4.95. The van der Waals surface area contributed by atoms with E-state index >= 15 is 0 Å². The van der Waals surface area contributed by atoms with Gasteiger partial charge in [-0.15, -0.1) is 0 Å². The summed E-state index contributed by atoms with van der Waals surface area (Å²) in [6.45, 7) is 4.99. The van der Waals surface area contributed by atoms with Crippen LogP contribution in [0, 0.1) is 0 Å². The molecule has 25 heavy (non-hydrogen) atoms. The summed E-state index contributed by atoms with van der Waals surface area (Å²) >= 11 is 0. The van der Waals surface area contributed by atoms with Crippen molar-refractivity contribution in [3.63, 3.8) is 0 Å². The number of piperazine rings is 1. The average Bonchev–Trinajstić information content (AvgIpc) is 2.64. The molecule has 0 spiro atoms. The van der Waals surface area contributed by atoms with Gasteiger partial charge in [-0.2, -0.15) is 0 Å². The van der Waals surface area contributed by atoms with Crippen molar-refractivity contribution < 1.29 is 9.59 Å². The van der Waals surface area contributed by atoms with Crippen molar-refractivity contribution >= 4 is 23.3 Å². The zero-order valence-electron chi connectivity index (χ0n) is 15.0. The highest BCUT2D eigenvalue weighted by Gasteiger charge is 2.26. The van der Waals surface area contributed by atoms with E-state index in [1.165, 1.54) is 39.0 Å². The second-order valence-electron chi connectivity index (χ2n) is 7.00. The SMILES string of the molecule is CC(=O)Nc1ccc(NC(=O)N2CCN(C3CCCCC3)CC2)cc1. The molecule has 3 amide bonds. The van der Waals surface area contributed by atoms with Crippen molar-refractivity contribution in [2.75, 3.05) is 36.8 Å². The van der Waals surface area contributed by atoms with Crippen molar-refractivity contribution in [3.05, 3.63) is 24.3 Å². The Bertz CT molecular complexity index is 588. The molecule has 0 bridgehead atoms. The number of rotatable bonds is 3. The van der Waals surface area contributed by atoms with Gasteiger partial charge >= 0.3 is 6.03 Å². The summed E-state index contributed by atoms with van der Waals surface area (Å²) in [5.74, 6) is -0.104. The van der Waals surface area contributed by atoms with E-state index in [1.807, 2.05) is 4.90 Å². The molecule has 2 fully saturated rings. The third-order valence-electron chi connectivity index (χ3n) is 5.15. The molecule has 0 aromatic heterocycles. The molecule has 2 N–H and O–H groups in total. The summed E-state index contributed by atoms with van der Waals surface area (Å²) in [5.41, 5.74) is 1.47. The number of carbonyl (C=O) groups is 2. The Morgan fingerprint density at radius 3 is 2.00 bits per heavy atom. The minimum Gasteiger partial charge on any atom is -0.326 e. The van der Waals surface area contributed by atoms with Gasteiger partial charge in [-0.25, -0.2) is 4.79 Å². The van der Waals surface area contributed by atoms with Crippen LogP contribution in [0.5, 0.6) is 0 Å². The van der Waals surface area contributed by atoms with Gasteiger partial charge in [0.05, 0.1) is 0 Å². The van der Waals surface area contributed by atoms with Crippen molar-refractivity contribution in [3.8, 4) is 0 Å². The number of hydrogen-bond acceptors (Lipinski definition) is 3. The van der Waals surface area contributed by atoms with Crippen LogP contribution in [0.15, 0.2) is 24.3 Å². The van der Waals surface area contributed by atoms with E-state index < -0.39 is 0 Å². The van der Waals surface area contributed by atoms with Crippen LogP contribution in [0.4, 0.5) is 16.2 Å². The predicted molar refractivity (Wildman–Crippen MR) is 99.8 cm³/mol. The van der Waals surface area contributed by atoms with E-state index in [0.717, 1.165) is 43.6 Å². The molecule has 0 radical (unpaired) electrons. The fourth-order valence-electron chi connectivity index (χ4n) is 3.78. The van der Waals surface area contributed by atoms with Gasteiger partial charge in [0.1, 0.15) is 0 Å². The first-order chi connectivity index (χ1) is 12.1. The number of urea groups is 1. The first kappa shape index (κ1) is 17.7. The molecule has 1 aliphatic carbocycles. The molecule has 2 aliphatic rings. The lowest BCUT2D eigenvalue weighted by Gasteiger charge is -2.40. The number of hydrogen-bond donors (Lipinski definition) is 2. The minimum atomic E-state index is -0.104. The number of carbonyl (C=O) groups excluding carboxylic acids is 2. The summed E-state index contributed by atoms with van der Waals surface area (Å²) < 4.78 is 0. The van der Waals surface area contributed by atoms with E-state index in [0.29, 0.717) is 0 Å². The van der Waals surface area contributed by atoms with Gasteiger partial charge in [0.15, 0.2) is 0 Å². The van der Waals surface area contributed by atoms with Crippen molar-refractivity contribution in [1.29, 1.82) is 0 Å². The molecular weight excluding hydrogens is 316 g/mol. The van der Waals surface area contributed by atoms with Crippen LogP contribution in [0.2, 0.25) is 0 Å². The normalized spacial score (nSPS) is 19.5. The van der Waals surface area contributed by atoms with Crippen molar-refractivity contribution in [2.45, 2.75) is 45.1 Å². The lowest BCUT2D eigenvalue weighted by molar-refractivity contribution is -0.114. The Labute approximate surface area is 149 Å². The molecular formula is C19H28N4O2. The Morgan fingerprint density at radius 2 is 1.44 bits per heavy atom. The van der Waals surface area contributed by atoms with E-state index in [4.69, 9.17) is 0 Å². The Kier molecular flexibility index (Phi) is 5.91. The first-order valence-electron chi connectivity index (χ1n) is 9.29. The second-order valence-corrected chi connectivity index (χ2v) is 7.00. The lowest BCUT2D eigenvalue weighted by Crippen LogP contribution is -2.53. The topological polar surface area (TPSA) is 64.7 Å². The monoisotopic (exact) mass is 344 g/mol. The van der Waals surface area contributed by atoms with E-state index in [2.05, 4.69) is 15.5 Å². The van der Waals surface area contributed by atoms with Crippen LogP contribution in [0.3, 0.4) is 0 Å². The highest BCUT2D eigenvalue weighted by atomic mass is 16.2. The quantitative estimate of drug-likeness (QED) is 0.885. The summed E-state index contributed by atoms with van der Waals surface area (Å²) in [5, 5.41) is 5.66. The van der Waals surface area contributed by atoms with E-state index in [9.17, 15) is 9.59 Å². The Hall–Kier alpha value is -2.08. The maximum absolute atomic E-state index is 12.4. The van der Waals surface area contributed by atoms with Gasteiger partial charge in [-0.05, 0) is 37.1 Å². The van der Waals surface area contributed by atoms with Crippen LogP contribution < -0.4 is 10.6 Å². The summed E-state index contributed by atoms with van der Waals surface area (Å²) in [6, 6.07) is 7.87. The average molecular weight is 344 g/mol. The largest absolute Gasteiger partial charge is 0.326 e.